The van der Waals surface area contributed by atoms with Crippen molar-refractivity contribution in [1.82, 2.24) is 0 Å². The first-order valence-corrected chi connectivity index (χ1v) is 6.57. The van der Waals surface area contributed by atoms with Crippen LogP contribution >= 0.6 is 0 Å². The first kappa shape index (κ1) is 12.9. The number of rotatable bonds is 3. The molecule has 0 aliphatic carbocycles. The van der Waals surface area contributed by atoms with Crippen molar-refractivity contribution >= 4 is 24.7 Å². The molecule has 0 amide bonds. The number of aliphatic imine (C=N–C) groups is 1. The van der Waals surface area contributed by atoms with E-state index >= 15 is 0 Å². The number of hydrogen-bond donors (Lipinski definition) is 0. The standard InChI is InChI=1S/C15H21BN2/c1-11(2)17-9-12(3)10-18-7-6-13-8-14(16)4-5-15(13)18/h4-5,8-9H,6-7,10,16H2,1-3H3/b12-9+. The van der Waals surface area contributed by atoms with Crippen LogP contribution in [0.3, 0.4) is 0 Å². The molecule has 0 saturated carbocycles. The van der Waals surface area contributed by atoms with Crippen molar-refractivity contribution in [1.29, 1.82) is 0 Å². The van der Waals surface area contributed by atoms with Crippen LogP contribution < -0.4 is 10.4 Å². The lowest BCUT2D eigenvalue weighted by Gasteiger charge is -2.19. The number of nitrogens with zero attached hydrogens (tertiary/aromatic N) is 2. The normalized spacial score (nSPS) is 14.6. The molecule has 2 nitrogen and oxygen atoms in total. The topological polar surface area (TPSA) is 15.6 Å². The smallest absolute Gasteiger partial charge is 0.139 e. The van der Waals surface area contributed by atoms with Gasteiger partial charge in [0.25, 0.3) is 0 Å². The minimum atomic E-state index is 0.979. The summed E-state index contributed by atoms with van der Waals surface area (Å²) in [5, 5.41) is 0. The monoisotopic (exact) mass is 240 g/mol. The third-order valence-electron chi connectivity index (χ3n) is 3.21. The van der Waals surface area contributed by atoms with E-state index in [4.69, 9.17) is 0 Å². The molecule has 1 aromatic rings. The van der Waals surface area contributed by atoms with Crippen molar-refractivity contribution in [2.24, 2.45) is 4.99 Å². The highest BCUT2D eigenvalue weighted by Gasteiger charge is 2.18. The van der Waals surface area contributed by atoms with Crippen molar-refractivity contribution in [3.8, 4) is 0 Å². The van der Waals surface area contributed by atoms with Crippen LogP contribution in [0.15, 0.2) is 35.0 Å². The van der Waals surface area contributed by atoms with Gasteiger partial charge in [-0.15, -0.1) is 0 Å². The molecule has 18 heavy (non-hydrogen) atoms. The Balaban J connectivity index is 2.10. The van der Waals surface area contributed by atoms with Crippen LogP contribution in [0.1, 0.15) is 26.3 Å². The Kier molecular flexibility index (Phi) is 3.90. The lowest BCUT2D eigenvalue weighted by atomic mass is 9.93. The van der Waals surface area contributed by atoms with E-state index in [1.54, 1.807) is 0 Å². The summed E-state index contributed by atoms with van der Waals surface area (Å²) in [7, 11) is 2.16. The third kappa shape index (κ3) is 3.03. The van der Waals surface area contributed by atoms with E-state index in [2.05, 4.69) is 42.9 Å². The van der Waals surface area contributed by atoms with Gasteiger partial charge in [-0.1, -0.05) is 17.6 Å². The van der Waals surface area contributed by atoms with E-state index in [9.17, 15) is 0 Å². The maximum Gasteiger partial charge on any atom is 0.139 e. The Morgan fingerprint density at radius 3 is 2.89 bits per heavy atom. The quantitative estimate of drug-likeness (QED) is 0.580. The van der Waals surface area contributed by atoms with Gasteiger partial charge in [-0.2, -0.15) is 0 Å². The molecule has 0 radical (unpaired) electrons. The maximum absolute atomic E-state index is 4.36. The van der Waals surface area contributed by atoms with Crippen molar-refractivity contribution < 1.29 is 0 Å². The lowest BCUT2D eigenvalue weighted by Crippen LogP contribution is -2.22. The average molecular weight is 240 g/mol. The molecule has 0 fully saturated rings. The van der Waals surface area contributed by atoms with Gasteiger partial charge in [-0.05, 0) is 44.4 Å². The summed E-state index contributed by atoms with van der Waals surface area (Å²) in [6, 6.07) is 6.76. The Morgan fingerprint density at radius 1 is 1.39 bits per heavy atom. The highest BCUT2D eigenvalue weighted by Crippen LogP contribution is 2.27. The van der Waals surface area contributed by atoms with Gasteiger partial charge < -0.3 is 4.90 Å². The average Bonchev–Trinajstić information content (AvgIpc) is 2.69. The van der Waals surface area contributed by atoms with E-state index < -0.39 is 0 Å². The Hall–Kier alpha value is -1.51. The minimum Gasteiger partial charge on any atom is -0.367 e. The molecule has 1 aliphatic rings. The molecule has 0 atom stereocenters. The van der Waals surface area contributed by atoms with Crippen molar-refractivity contribution in [2.75, 3.05) is 18.0 Å². The first-order valence-electron chi connectivity index (χ1n) is 6.57. The fourth-order valence-corrected chi connectivity index (χ4v) is 2.34. The Morgan fingerprint density at radius 2 is 2.17 bits per heavy atom. The molecule has 0 spiro atoms. The van der Waals surface area contributed by atoms with E-state index in [-0.39, 0.29) is 0 Å². The summed E-state index contributed by atoms with van der Waals surface area (Å²) in [5.74, 6) is 0. The third-order valence-corrected chi connectivity index (χ3v) is 3.21. The van der Waals surface area contributed by atoms with Gasteiger partial charge in [-0.3, -0.25) is 4.99 Å². The van der Waals surface area contributed by atoms with Gasteiger partial charge in [0, 0.05) is 30.7 Å². The summed E-state index contributed by atoms with van der Waals surface area (Å²) in [6.45, 7) is 8.31. The molecule has 0 saturated heterocycles. The Labute approximate surface area is 111 Å². The summed E-state index contributed by atoms with van der Waals surface area (Å²) < 4.78 is 0. The molecule has 0 unspecified atom stereocenters. The fourth-order valence-electron chi connectivity index (χ4n) is 2.34. The van der Waals surface area contributed by atoms with E-state index in [0.29, 0.717) is 0 Å². The van der Waals surface area contributed by atoms with E-state index in [0.717, 1.165) is 18.8 Å². The van der Waals surface area contributed by atoms with Gasteiger partial charge in [0.15, 0.2) is 0 Å². The summed E-state index contributed by atoms with van der Waals surface area (Å²) in [6.07, 6.45) is 3.15. The van der Waals surface area contributed by atoms with Crippen LogP contribution in [0, 0.1) is 0 Å². The number of anilines is 1. The SMILES string of the molecule is Bc1ccc2c(c1)CCN2C/C(C)=C/N=C(C)C. The molecule has 0 bridgehead atoms. The number of benzene rings is 1. The van der Waals surface area contributed by atoms with Crippen molar-refractivity contribution in [3.63, 3.8) is 0 Å². The molecular formula is C15H21BN2. The molecule has 0 aromatic heterocycles. The van der Waals surface area contributed by atoms with Crippen LogP contribution in [-0.2, 0) is 6.42 Å². The number of hydrogen-bond acceptors (Lipinski definition) is 2. The second-order valence-corrected chi connectivity index (χ2v) is 5.36. The zero-order chi connectivity index (χ0) is 13.1. The van der Waals surface area contributed by atoms with Crippen molar-refractivity contribution in [2.45, 2.75) is 27.2 Å². The van der Waals surface area contributed by atoms with E-state index in [1.807, 2.05) is 20.0 Å². The summed E-state index contributed by atoms with van der Waals surface area (Å²) in [5.41, 5.74) is 6.65. The fraction of sp³-hybridized carbons (Fsp3) is 0.400. The van der Waals surface area contributed by atoms with Crippen LogP contribution in [0.4, 0.5) is 5.69 Å². The molecule has 3 heteroatoms. The first-order chi connectivity index (χ1) is 8.56. The minimum absolute atomic E-state index is 0.979. The van der Waals surface area contributed by atoms with Gasteiger partial charge >= 0.3 is 0 Å². The summed E-state index contributed by atoms with van der Waals surface area (Å²) in [4.78, 5) is 6.81. The molecule has 94 valence electrons. The van der Waals surface area contributed by atoms with Crippen molar-refractivity contribution in [3.05, 3.63) is 35.5 Å². The number of fused-ring (bicyclic) bond motifs is 1. The molecule has 1 aliphatic heterocycles. The van der Waals surface area contributed by atoms with Gasteiger partial charge in [0.05, 0.1) is 0 Å². The van der Waals surface area contributed by atoms with Gasteiger partial charge in [0.1, 0.15) is 7.85 Å². The predicted octanol–water partition coefficient (Wildman–Crippen LogP) is 1.69. The second kappa shape index (κ2) is 5.43. The zero-order valence-electron chi connectivity index (χ0n) is 11.8. The van der Waals surface area contributed by atoms with Gasteiger partial charge in [0.2, 0.25) is 0 Å². The molecule has 1 heterocycles. The van der Waals surface area contributed by atoms with E-state index in [1.165, 1.54) is 28.7 Å². The molecule has 0 N–H and O–H groups in total. The lowest BCUT2D eigenvalue weighted by molar-refractivity contribution is 0.877. The highest BCUT2D eigenvalue weighted by atomic mass is 15.1. The largest absolute Gasteiger partial charge is 0.367 e. The van der Waals surface area contributed by atoms with Gasteiger partial charge in [-0.25, -0.2) is 0 Å². The Bertz CT molecular complexity index is 499. The van der Waals surface area contributed by atoms with Crippen LogP contribution in [0.25, 0.3) is 0 Å². The highest BCUT2D eigenvalue weighted by molar-refractivity contribution is 6.32. The zero-order valence-corrected chi connectivity index (χ0v) is 11.8. The molecule has 1 aromatic carbocycles. The van der Waals surface area contributed by atoms with Crippen LogP contribution in [0.2, 0.25) is 0 Å². The van der Waals surface area contributed by atoms with Crippen LogP contribution in [-0.4, -0.2) is 26.6 Å². The molecule has 2 rings (SSSR count). The maximum atomic E-state index is 4.36. The van der Waals surface area contributed by atoms with Crippen LogP contribution in [0.5, 0.6) is 0 Å². The molecular weight excluding hydrogens is 219 g/mol. The second-order valence-electron chi connectivity index (χ2n) is 5.36. The predicted molar refractivity (Wildman–Crippen MR) is 83.1 cm³/mol. The summed E-state index contributed by atoms with van der Waals surface area (Å²) >= 11 is 0.